The Balaban J connectivity index is 1.95. The smallest absolute Gasteiger partial charge is 0.0499 e. The zero-order valence-electron chi connectivity index (χ0n) is 13.3. The van der Waals surface area contributed by atoms with Crippen LogP contribution in [0.5, 0.6) is 0 Å². The summed E-state index contributed by atoms with van der Waals surface area (Å²) in [5.74, 6) is 0. The van der Waals surface area contributed by atoms with Crippen molar-refractivity contribution in [2.24, 2.45) is 10.8 Å². The standard InChI is InChI=1S/C21H22O2/c22-13-19-9-10-20(14-23,12-11-19)21(19)17-7-3-1-5-15(17)16-6-2-4-8-18(16)21/h1-8,22-23H,9-14H2. The summed E-state index contributed by atoms with van der Waals surface area (Å²) in [4.78, 5) is 0. The lowest BCUT2D eigenvalue weighted by Crippen LogP contribution is -2.48. The predicted octanol–water partition coefficient (Wildman–Crippen LogP) is 3.50. The number of rotatable bonds is 2. The monoisotopic (exact) mass is 306 g/mol. The maximum atomic E-state index is 10.4. The normalized spacial score (nSPS) is 32.3. The Bertz CT molecular complexity index is 716. The first-order chi connectivity index (χ1) is 11.2. The summed E-state index contributed by atoms with van der Waals surface area (Å²) in [5.41, 5.74) is 4.77. The van der Waals surface area contributed by atoms with Crippen molar-refractivity contribution in [3.63, 3.8) is 0 Å². The van der Waals surface area contributed by atoms with Gasteiger partial charge in [-0.1, -0.05) is 48.5 Å². The van der Waals surface area contributed by atoms with E-state index >= 15 is 0 Å². The molecule has 0 aliphatic heterocycles. The highest BCUT2D eigenvalue weighted by Crippen LogP contribution is 2.78. The van der Waals surface area contributed by atoms with E-state index in [0.29, 0.717) is 0 Å². The molecule has 2 N–H and O–H groups in total. The van der Waals surface area contributed by atoms with E-state index < -0.39 is 0 Å². The van der Waals surface area contributed by atoms with Crippen LogP contribution in [0.2, 0.25) is 0 Å². The minimum atomic E-state index is -0.226. The zero-order valence-corrected chi connectivity index (χ0v) is 13.3. The van der Waals surface area contributed by atoms with Crippen molar-refractivity contribution in [3.8, 4) is 11.1 Å². The quantitative estimate of drug-likeness (QED) is 0.891. The van der Waals surface area contributed by atoms with Crippen molar-refractivity contribution in [1.29, 1.82) is 0 Å². The third-order valence-electron chi connectivity index (χ3n) is 7.31. The largest absolute Gasteiger partial charge is 0.396 e. The van der Waals surface area contributed by atoms with Crippen molar-refractivity contribution in [2.45, 2.75) is 31.1 Å². The van der Waals surface area contributed by atoms with Crippen LogP contribution in [0.25, 0.3) is 11.1 Å². The molecule has 23 heavy (non-hydrogen) atoms. The fourth-order valence-corrected chi connectivity index (χ4v) is 6.45. The van der Waals surface area contributed by atoms with Gasteiger partial charge < -0.3 is 10.2 Å². The first-order valence-electron chi connectivity index (χ1n) is 8.66. The maximum absolute atomic E-state index is 10.4. The molecular formula is C21H22O2. The zero-order chi connectivity index (χ0) is 15.7. The molecule has 2 nitrogen and oxygen atoms in total. The molecule has 2 aromatic carbocycles. The van der Waals surface area contributed by atoms with Crippen LogP contribution in [0.15, 0.2) is 48.5 Å². The summed E-state index contributed by atoms with van der Waals surface area (Å²) in [6.45, 7) is 0.412. The van der Waals surface area contributed by atoms with Gasteiger partial charge >= 0.3 is 0 Å². The van der Waals surface area contributed by atoms with Crippen LogP contribution in [0.1, 0.15) is 36.8 Å². The Morgan fingerprint density at radius 2 is 1.04 bits per heavy atom. The van der Waals surface area contributed by atoms with Crippen LogP contribution in [-0.2, 0) is 5.41 Å². The lowest BCUT2D eigenvalue weighted by Gasteiger charge is -2.46. The van der Waals surface area contributed by atoms with E-state index in [0.717, 1.165) is 25.7 Å². The summed E-state index contributed by atoms with van der Waals surface area (Å²) in [5, 5.41) is 20.9. The van der Waals surface area contributed by atoms with Crippen LogP contribution in [0.4, 0.5) is 0 Å². The molecule has 3 aliphatic carbocycles. The van der Waals surface area contributed by atoms with Gasteiger partial charge in [0.1, 0.15) is 0 Å². The molecule has 0 heterocycles. The number of hydrogen-bond acceptors (Lipinski definition) is 2. The van der Waals surface area contributed by atoms with Gasteiger partial charge in [0.05, 0.1) is 0 Å². The van der Waals surface area contributed by atoms with Crippen molar-refractivity contribution in [3.05, 3.63) is 59.7 Å². The maximum Gasteiger partial charge on any atom is 0.0499 e. The minimum Gasteiger partial charge on any atom is -0.396 e. The average molecular weight is 306 g/mol. The third kappa shape index (κ3) is 1.24. The fourth-order valence-electron chi connectivity index (χ4n) is 6.45. The van der Waals surface area contributed by atoms with E-state index in [9.17, 15) is 10.2 Å². The highest BCUT2D eigenvalue weighted by molar-refractivity contribution is 5.83. The van der Waals surface area contributed by atoms with Gasteiger partial charge in [-0.05, 0) is 47.9 Å². The van der Waals surface area contributed by atoms with E-state index in [4.69, 9.17) is 0 Å². The van der Waals surface area contributed by atoms with E-state index in [1.165, 1.54) is 22.3 Å². The topological polar surface area (TPSA) is 40.5 Å². The van der Waals surface area contributed by atoms with E-state index in [1.54, 1.807) is 0 Å². The van der Waals surface area contributed by atoms with Crippen molar-refractivity contribution in [1.82, 2.24) is 0 Å². The second kappa shape index (κ2) is 4.25. The van der Waals surface area contributed by atoms with Gasteiger partial charge in [0.15, 0.2) is 0 Å². The molecule has 0 aromatic heterocycles. The number of fused-ring (bicyclic) bond motifs is 3. The molecule has 2 fully saturated rings. The first kappa shape index (κ1) is 13.8. The number of aliphatic hydroxyl groups is 2. The lowest BCUT2D eigenvalue weighted by molar-refractivity contribution is 0.0608. The number of hydrogen-bond donors (Lipinski definition) is 2. The molecule has 118 valence electrons. The van der Waals surface area contributed by atoms with Gasteiger partial charge in [0, 0.05) is 29.5 Å². The fraction of sp³-hybridized carbons (Fsp3) is 0.429. The Kier molecular flexibility index (Phi) is 2.55. The van der Waals surface area contributed by atoms with Crippen LogP contribution < -0.4 is 0 Å². The van der Waals surface area contributed by atoms with Gasteiger partial charge in [-0.25, -0.2) is 0 Å². The Hall–Kier alpha value is -1.64. The number of aliphatic hydroxyl groups excluding tert-OH is 2. The molecule has 0 radical (unpaired) electrons. The van der Waals surface area contributed by atoms with Gasteiger partial charge in [0.2, 0.25) is 0 Å². The highest BCUT2D eigenvalue weighted by Gasteiger charge is 2.74. The molecule has 2 aromatic rings. The molecule has 0 unspecified atom stereocenters. The van der Waals surface area contributed by atoms with E-state index in [-0.39, 0.29) is 29.5 Å². The molecule has 0 saturated heterocycles. The lowest BCUT2D eigenvalue weighted by atomic mass is 9.57. The van der Waals surface area contributed by atoms with E-state index in [1.807, 2.05) is 0 Å². The molecule has 0 atom stereocenters. The van der Waals surface area contributed by atoms with Crippen molar-refractivity contribution >= 4 is 0 Å². The Labute approximate surface area is 136 Å². The highest BCUT2D eigenvalue weighted by atomic mass is 16.3. The van der Waals surface area contributed by atoms with Gasteiger partial charge in [-0.2, -0.15) is 0 Å². The third-order valence-corrected chi connectivity index (χ3v) is 7.31. The van der Waals surface area contributed by atoms with E-state index in [2.05, 4.69) is 48.5 Å². The molecule has 2 heteroatoms. The molecule has 2 saturated carbocycles. The summed E-state index contributed by atoms with van der Waals surface area (Å²) < 4.78 is 0. The molecule has 0 amide bonds. The SMILES string of the molecule is OCC12CCC(CO)(CC1)C21c2ccccc2-c2ccccc21. The second-order valence-corrected chi connectivity index (χ2v) is 7.72. The molecule has 1 spiro atoms. The molecular weight excluding hydrogens is 284 g/mol. The summed E-state index contributed by atoms with van der Waals surface area (Å²) >= 11 is 0. The minimum absolute atomic E-state index is 0.127. The first-order valence-corrected chi connectivity index (χ1v) is 8.66. The average Bonchev–Trinajstić information content (AvgIpc) is 3.21. The second-order valence-electron chi connectivity index (χ2n) is 7.72. The molecule has 3 aliphatic rings. The van der Waals surface area contributed by atoms with Gasteiger partial charge in [-0.3, -0.25) is 0 Å². The van der Waals surface area contributed by atoms with Crippen LogP contribution in [0, 0.1) is 10.8 Å². The Morgan fingerprint density at radius 1 is 0.652 bits per heavy atom. The summed E-state index contributed by atoms with van der Waals surface area (Å²) in [6.07, 6.45) is 4.03. The molecule has 2 bridgehead atoms. The van der Waals surface area contributed by atoms with Crippen LogP contribution >= 0.6 is 0 Å². The van der Waals surface area contributed by atoms with Crippen LogP contribution in [0.3, 0.4) is 0 Å². The Morgan fingerprint density at radius 3 is 1.43 bits per heavy atom. The van der Waals surface area contributed by atoms with Crippen molar-refractivity contribution < 1.29 is 10.2 Å². The molecule has 5 rings (SSSR count). The van der Waals surface area contributed by atoms with Gasteiger partial charge in [0.25, 0.3) is 0 Å². The van der Waals surface area contributed by atoms with Gasteiger partial charge in [-0.15, -0.1) is 0 Å². The number of benzene rings is 2. The predicted molar refractivity (Wildman–Crippen MR) is 90.2 cm³/mol. The summed E-state index contributed by atoms with van der Waals surface area (Å²) in [6, 6.07) is 17.3. The van der Waals surface area contributed by atoms with Crippen LogP contribution in [-0.4, -0.2) is 23.4 Å². The van der Waals surface area contributed by atoms with Crippen molar-refractivity contribution in [2.75, 3.05) is 13.2 Å². The summed E-state index contributed by atoms with van der Waals surface area (Å²) in [7, 11) is 0.